The molecule has 2 fully saturated rings. The predicted molar refractivity (Wildman–Crippen MR) is 104 cm³/mol. The normalized spacial score (nSPS) is 23.3. The molecule has 2 aliphatic heterocycles. The van der Waals surface area contributed by atoms with Crippen LogP contribution in [0.25, 0.3) is 0 Å². The first kappa shape index (κ1) is 19.8. The van der Waals surface area contributed by atoms with Gasteiger partial charge in [0.2, 0.25) is 11.8 Å². The van der Waals surface area contributed by atoms with Gasteiger partial charge in [-0.1, -0.05) is 30.3 Å². The molecule has 0 unspecified atom stereocenters. The molecule has 2 aliphatic rings. The number of carbonyl (C=O) groups is 2. The number of hydrogen-bond acceptors (Lipinski definition) is 4. The van der Waals surface area contributed by atoms with Gasteiger partial charge < -0.3 is 15.0 Å². The van der Waals surface area contributed by atoms with Crippen molar-refractivity contribution in [2.75, 3.05) is 39.9 Å². The van der Waals surface area contributed by atoms with Crippen LogP contribution in [0.4, 0.5) is 0 Å². The van der Waals surface area contributed by atoms with Gasteiger partial charge in [0, 0.05) is 45.9 Å². The average Bonchev–Trinajstić information content (AvgIpc) is 2.73. The topological polar surface area (TPSA) is 61.9 Å². The molecule has 0 aromatic heterocycles. The summed E-state index contributed by atoms with van der Waals surface area (Å²) in [6.45, 7) is 7.17. The molecule has 27 heavy (non-hydrogen) atoms. The quantitative estimate of drug-likeness (QED) is 0.867. The minimum Gasteiger partial charge on any atom is -0.381 e. The summed E-state index contributed by atoms with van der Waals surface area (Å²) in [5.74, 6) is 0.108. The van der Waals surface area contributed by atoms with Crippen LogP contribution in [0.2, 0.25) is 0 Å². The molecule has 3 rings (SSSR count). The molecule has 6 heteroatoms. The number of carbonyl (C=O) groups excluding carboxylic acids is 2. The highest BCUT2D eigenvalue weighted by Crippen LogP contribution is 2.37. The zero-order valence-corrected chi connectivity index (χ0v) is 16.6. The van der Waals surface area contributed by atoms with E-state index in [1.54, 1.807) is 7.05 Å². The maximum absolute atomic E-state index is 13.7. The number of nitrogens with zero attached hydrogens (tertiary/aromatic N) is 2. The van der Waals surface area contributed by atoms with Crippen molar-refractivity contribution < 1.29 is 14.3 Å². The summed E-state index contributed by atoms with van der Waals surface area (Å²) >= 11 is 0. The smallest absolute Gasteiger partial charge is 0.238 e. The largest absolute Gasteiger partial charge is 0.381 e. The molecular weight excluding hydrogens is 342 g/mol. The lowest BCUT2D eigenvalue weighted by Gasteiger charge is -2.46. The van der Waals surface area contributed by atoms with E-state index in [1.807, 2.05) is 35.2 Å². The molecule has 2 amide bonds. The summed E-state index contributed by atoms with van der Waals surface area (Å²) < 4.78 is 5.57. The Kier molecular flexibility index (Phi) is 6.17. The summed E-state index contributed by atoms with van der Waals surface area (Å²) in [6.07, 6.45) is 1.37. The van der Waals surface area contributed by atoms with Gasteiger partial charge in [0.05, 0.1) is 5.41 Å². The van der Waals surface area contributed by atoms with E-state index in [1.165, 1.54) is 0 Å². The van der Waals surface area contributed by atoms with Gasteiger partial charge >= 0.3 is 0 Å². The van der Waals surface area contributed by atoms with Gasteiger partial charge in [0.1, 0.15) is 6.04 Å². The highest BCUT2D eigenvalue weighted by molar-refractivity contribution is 5.90. The van der Waals surface area contributed by atoms with Crippen LogP contribution >= 0.6 is 0 Å². The Bertz CT molecular complexity index is 656. The van der Waals surface area contributed by atoms with E-state index in [0.717, 1.165) is 5.56 Å². The fourth-order valence-electron chi connectivity index (χ4n) is 4.41. The van der Waals surface area contributed by atoms with Gasteiger partial charge in [0.25, 0.3) is 0 Å². The van der Waals surface area contributed by atoms with Gasteiger partial charge in [-0.05, 0) is 32.3 Å². The van der Waals surface area contributed by atoms with Gasteiger partial charge in [-0.3, -0.25) is 14.5 Å². The second-order valence-electron chi connectivity index (χ2n) is 7.77. The van der Waals surface area contributed by atoms with E-state index < -0.39 is 5.41 Å². The predicted octanol–water partition coefficient (Wildman–Crippen LogP) is 1.40. The molecule has 1 aromatic carbocycles. The van der Waals surface area contributed by atoms with Crippen molar-refractivity contribution in [2.45, 2.75) is 44.2 Å². The van der Waals surface area contributed by atoms with Crippen LogP contribution in [0.5, 0.6) is 0 Å². The summed E-state index contributed by atoms with van der Waals surface area (Å²) in [6, 6.07) is 10.0. The molecule has 1 aromatic rings. The number of piperazine rings is 1. The Morgan fingerprint density at radius 2 is 1.81 bits per heavy atom. The number of hydrogen-bond donors (Lipinski definition) is 1. The van der Waals surface area contributed by atoms with Crippen molar-refractivity contribution in [2.24, 2.45) is 0 Å². The monoisotopic (exact) mass is 373 g/mol. The van der Waals surface area contributed by atoms with Crippen LogP contribution in [-0.4, -0.2) is 73.6 Å². The molecule has 2 saturated heterocycles. The molecular formula is C21H31N3O3. The van der Waals surface area contributed by atoms with Crippen molar-refractivity contribution in [1.82, 2.24) is 15.1 Å². The van der Waals surface area contributed by atoms with Gasteiger partial charge in [-0.25, -0.2) is 0 Å². The molecule has 0 spiro atoms. The second kappa shape index (κ2) is 8.40. The van der Waals surface area contributed by atoms with Crippen LogP contribution in [0.1, 0.15) is 32.3 Å². The molecule has 0 bridgehead atoms. The number of amides is 2. The maximum atomic E-state index is 13.7. The van der Waals surface area contributed by atoms with Gasteiger partial charge in [-0.2, -0.15) is 0 Å². The first-order valence-corrected chi connectivity index (χ1v) is 9.89. The maximum Gasteiger partial charge on any atom is 0.238 e. The van der Waals surface area contributed by atoms with Crippen molar-refractivity contribution in [3.8, 4) is 0 Å². The average molecular weight is 373 g/mol. The minimum atomic E-state index is -0.549. The van der Waals surface area contributed by atoms with Crippen molar-refractivity contribution >= 4 is 11.8 Å². The Morgan fingerprint density at radius 1 is 1.15 bits per heavy atom. The summed E-state index contributed by atoms with van der Waals surface area (Å²) in [5.41, 5.74) is 0.508. The van der Waals surface area contributed by atoms with Crippen LogP contribution in [-0.2, 0) is 19.7 Å². The van der Waals surface area contributed by atoms with E-state index >= 15 is 0 Å². The number of rotatable bonds is 4. The van der Waals surface area contributed by atoms with Crippen LogP contribution in [0, 0.1) is 0 Å². The zero-order valence-electron chi connectivity index (χ0n) is 16.6. The van der Waals surface area contributed by atoms with E-state index in [-0.39, 0.29) is 23.9 Å². The fraction of sp³-hybridized carbons (Fsp3) is 0.619. The number of benzene rings is 1. The SMILES string of the molecule is CNC(=O)[C@@H]1CN(C(=O)C2(c3ccccc3)CCOCC2)CCN1C(C)C. The van der Waals surface area contributed by atoms with Crippen molar-refractivity contribution in [3.63, 3.8) is 0 Å². The van der Waals surface area contributed by atoms with Crippen LogP contribution < -0.4 is 5.32 Å². The van der Waals surface area contributed by atoms with E-state index in [9.17, 15) is 9.59 Å². The number of likely N-dealkylation sites (N-methyl/N-ethyl adjacent to an activating group) is 1. The third-order valence-electron chi connectivity index (χ3n) is 6.00. The molecule has 1 N–H and O–H groups in total. The molecule has 148 valence electrons. The molecule has 2 heterocycles. The molecule has 0 saturated carbocycles. The van der Waals surface area contributed by atoms with E-state index in [0.29, 0.717) is 45.7 Å². The number of ether oxygens (including phenoxy) is 1. The Hall–Kier alpha value is -1.92. The van der Waals surface area contributed by atoms with Crippen LogP contribution in [0.15, 0.2) is 30.3 Å². The molecule has 0 radical (unpaired) electrons. The van der Waals surface area contributed by atoms with Crippen molar-refractivity contribution in [3.05, 3.63) is 35.9 Å². The summed E-state index contributed by atoms with van der Waals surface area (Å²) in [7, 11) is 1.66. The highest BCUT2D eigenvalue weighted by Gasteiger charge is 2.46. The fourth-order valence-corrected chi connectivity index (χ4v) is 4.41. The lowest BCUT2D eigenvalue weighted by atomic mass is 9.72. The lowest BCUT2D eigenvalue weighted by Crippen LogP contribution is -2.63. The third kappa shape index (κ3) is 3.87. The lowest BCUT2D eigenvalue weighted by molar-refractivity contribution is -0.147. The third-order valence-corrected chi connectivity index (χ3v) is 6.00. The molecule has 1 atom stereocenters. The minimum absolute atomic E-state index is 0.0260. The Morgan fingerprint density at radius 3 is 2.41 bits per heavy atom. The first-order chi connectivity index (χ1) is 13.0. The Labute approximate surface area is 161 Å². The van der Waals surface area contributed by atoms with Crippen LogP contribution in [0.3, 0.4) is 0 Å². The second-order valence-corrected chi connectivity index (χ2v) is 7.77. The summed E-state index contributed by atoms with van der Waals surface area (Å²) in [4.78, 5) is 30.3. The van der Waals surface area contributed by atoms with Gasteiger partial charge in [0.15, 0.2) is 0 Å². The highest BCUT2D eigenvalue weighted by atomic mass is 16.5. The summed E-state index contributed by atoms with van der Waals surface area (Å²) in [5, 5.41) is 2.76. The van der Waals surface area contributed by atoms with Gasteiger partial charge in [-0.15, -0.1) is 0 Å². The van der Waals surface area contributed by atoms with Crippen molar-refractivity contribution in [1.29, 1.82) is 0 Å². The molecule has 0 aliphatic carbocycles. The first-order valence-electron chi connectivity index (χ1n) is 9.89. The Balaban J connectivity index is 1.87. The molecule has 6 nitrogen and oxygen atoms in total. The standard InChI is InChI=1S/C21H31N3O3/c1-16(2)24-12-11-23(15-18(24)19(25)22-3)20(26)21(9-13-27-14-10-21)17-7-5-4-6-8-17/h4-8,16,18H,9-15H2,1-3H3,(H,22,25)/t18-/m0/s1. The number of nitrogens with one attached hydrogen (secondary N) is 1. The zero-order chi connectivity index (χ0) is 19.4. The van der Waals surface area contributed by atoms with E-state index in [2.05, 4.69) is 24.1 Å². The van der Waals surface area contributed by atoms with E-state index in [4.69, 9.17) is 4.74 Å².